The number of sulfonamides is 1. The summed E-state index contributed by atoms with van der Waals surface area (Å²) in [6.07, 6.45) is 1.88. The first-order chi connectivity index (χ1) is 10.6. The molecule has 8 heteroatoms. The molecule has 0 saturated carbocycles. The zero-order valence-electron chi connectivity index (χ0n) is 12.8. The molecule has 0 bridgehead atoms. The molecule has 1 fully saturated rings. The molecule has 1 saturated heterocycles. The van der Waals surface area contributed by atoms with Crippen LogP contribution in [-0.2, 0) is 10.0 Å². The Hall–Kier alpha value is -0.990. The average molecular weight is 374 g/mol. The first kappa shape index (κ1) is 18.4. The smallest absolute Gasteiger partial charge is 0.261 e. The largest absolute Gasteiger partial charge is 0.316 e. The number of hydrogen-bond acceptors (Lipinski definition) is 5. The molecule has 0 spiro atoms. The third kappa shape index (κ3) is 3.92. The number of rotatable bonds is 4. The van der Waals surface area contributed by atoms with Gasteiger partial charge in [0.25, 0.3) is 10.0 Å². The van der Waals surface area contributed by atoms with Gasteiger partial charge in [-0.3, -0.25) is 0 Å². The van der Waals surface area contributed by atoms with Crippen LogP contribution >= 0.6 is 23.7 Å². The van der Waals surface area contributed by atoms with E-state index in [9.17, 15) is 8.42 Å². The summed E-state index contributed by atoms with van der Waals surface area (Å²) in [4.78, 5) is 4.35. The zero-order valence-corrected chi connectivity index (χ0v) is 15.3. The summed E-state index contributed by atoms with van der Waals surface area (Å²) in [5.74, 6) is 0. The van der Waals surface area contributed by atoms with E-state index in [4.69, 9.17) is 0 Å². The number of nitrogens with one attached hydrogen (secondary N) is 1. The molecular weight excluding hydrogens is 354 g/mol. The van der Waals surface area contributed by atoms with Gasteiger partial charge in [0.2, 0.25) is 0 Å². The number of likely N-dealkylation sites (N-methyl/N-ethyl adjacent to an activating group) is 1. The van der Waals surface area contributed by atoms with Gasteiger partial charge in [0.1, 0.15) is 5.01 Å². The van der Waals surface area contributed by atoms with E-state index < -0.39 is 10.0 Å². The molecule has 1 aliphatic rings. The predicted octanol–water partition coefficient (Wildman–Crippen LogP) is 2.60. The number of benzene rings is 1. The van der Waals surface area contributed by atoms with Gasteiger partial charge in [-0.05, 0) is 19.9 Å². The molecule has 3 rings (SSSR count). The molecule has 5 nitrogen and oxygen atoms in total. The highest BCUT2D eigenvalue weighted by molar-refractivity contribution is 7.89. The monoisotopic (exact) mass is 373 g/mol. The minimum absolute atomic E-state index is 0. The highest BCUT2D eigenvalue weighted by atomic mass is 35.5. The lowest BCUT2D eigenvalue weighted by Crippen LogP contribution is -2.46. The SMILES string of the molecule is CNC1CCCN(S(=O)(=O)c2csc(-c3ccccc3)n2)C1.Cl. The van der Waals surface area contributed by atoms with Crippen molar-refractivity contribution in [2.24, 2.45) is 0 Å². The number of hydrogen-bond donors (Lipinski definition) is 1. The molecule has 1 atom stereocenters. The maximum absolute atomic E-state index is 12.7. The van der Waals surface area contributed by atoms with E-state index in [0.29, 0.717) is 13.1 Å². The van der Waals surface area contributed by atoms with Crippen LogP contribution < -0.4 is 5.32 Å². The Labute approximate surface area is 147 Å². The fourth-order valence-electron chi connectivity index (χ4n) is 2.62. The molecule has 126 valence electrons. The van der Waals surface area contributed by atoms with Crippen molar-refractivity contribution in [3.8, 4) is 10.6 Å². The number of thiazole rings is 1. The van der Waals surface area contributed by atoms with Crippen LogP contribution in [0.2, 0.25) is 0 Å². The maximum Gasteiger partial charge on any atom is 0.261 e. The standard InChI is InChI=1S/C15H19N3O2S2.ClH/c1-16-13-8-5-9-18(10-13)22(19,20)14-11-21-15(17-14)12-6-3-2-4-7-12;/h2-4,6-7,11,13,16H,5,8-10H2,1H3;1H. The lowest BCUT2D eigenvalue weighted by molar-refractivity contribution is 0.292. The van der Waals surface area contributed by atoms with Gasteiger partial charge in [0, 0.05) is 30.1 Å². The maximum atomic E-state index is 12.7. The average Bonchev–Trinajstić information content (AvgIpc) is 3.06. The number of aromatic nitrogens is 1. The van der Waals surface area contributed by atoms with Gasteiger partial charge in [-0.25, -0.2) is 13.4 Å². The highest BCUT2D eigenvalue weighted by Gasteiger charge is 2.31. The summed E-state index contributed by atoms with van der Waals surface area (Å²) in [6.45, 7) is 1.08. The first-order valence-corrected chi connectivity index (χ1v) is 9.61. The zero-order chi connectivity index (χ0) is 15.6. The van der Waals surface area contributed by atoms with Crippen molar-refractivity contribution in [1.29, 1.82) is 0 Å². The van der Waals surface area contributed by atoms with E-state index in [1.54, 1.807) is 9.69 Å². The van der Waals surface area contributed by atoms with Crippen molar-refractivity contribution in [1.82, 2.24) is 14.6 Å². The van der Waals surface area contributed by atoms with Crippen LogP contribution in [0.3, 0.4) is 0 Å². The molecule has 23 heavy (non-hydrogen) atoms. The van der Waals surface area contributed by atoms with Gasteiger partial charge in [-0.15, -0.1) is 23.7 Å². The quantitative estimate of drug-likeness (QED) is 0.894. The van der Waals surface area contributed by atoms with Crippen LogP contribution in [-0.4, -0.2) is 43.9 Å². The van der Waals surface area contributed by atoms with Crippen molar-refractivity contribution >= 4 is 33.8 Å². The van der Waals surface area contributed by atoms with Crippen molar-refractivity contribution in [2.45, 2.75) is 23.9 Å². The van der Waals surface area contributed by atoms with Crippen molar-refractivity contribution in [2.75, 3.05) is 20.1 Å². The van der Waals surface area contributed by atoms with Gasteiger partial charge in [-0.1, -0.05) is 30.3 Å². The van der Waals surface area contributed by atoms with Crippen molar-refractivity contribution < 1.29 is 8.42 Å². The topological polar surface area (TPSA) is 62.3 Å². The van der Waals surface area contributed by atoms with Crippen LogP contribution in [0.1, 0.15) is 12.8 Å². The Morgan fingerprint density at radius 1 is 1.30 bits per heavy atom. The van der Waals surface area contributed by atoms with Crippen LogP contribution in [0.5, 0.6) is 0 Å². The van der Waals surface area contributed by atoms with Gasteiger partial charge in [-0.2, -0.15) is 4.31 Å². The lowest BCUT2D eigenvalue weighted by atomic mass is 10.1. The highest BCUT2D eigenvalue weighted by Crippen LogP contribution is 2.28. The second-order valence-electron chi connectivity index (χ2n) is 5.35. The molecule has 1 unspecified atom stereocenters. The van der Waals surface area contributed by atoms with E-state index in [0.717, 1.165) is 23.4 Å². The molecule has 1 N–H and O–H groups in total. The first-order valence-electron chi connectivity index (χ1n) is 7.29. The van der Waals surface area contributed by atoms with Gasteiger partial charge >= 0.3 is 0 Å². The fourth-order valence-corrected chi connectivity index (χ4v) is 5.21. The van der Waals surface area contributed by atoms with E-state index >= 15 is 0 Å². The Kier molecular flexibility index (Phi) is 6.16. The summed E-state index contributed by atoms with van der Waals surface area (Å²) in [7, 11) is -1.63. The van der Waals surface area contributed by atoms with E-state index in [2.05, 4.69) is 10.3 Å². The Morgan fingerprint density at radius 3 is 2.74 bits per heavy atom. The van der Waals surface area contributed by atoms with Crippen LogP contribution in [0.4, 0.5) is 0 Å². The summed E-state index contributed by atoms with van der Waals surface area (Å²) < 4.78 is 27.0. The van der Waals surface area contributed by atoms with E-state index in [-0.39, 0.29) is 23.5 Å². The molecule has 1 aromatic carbocycles. The molecule has 0 amide bonds. The van der Waals surface area contributed by atoms with Gasteiger partial charge in [0.05, 0.1) is 0 Å². The van der Waals surface area contributed by atoms with E-state index in [1.807, 2.05) is 37.4 Å². The number of halogens is 1. The normalized spacial score (nSPS) is 19.3. The molecule has 2 heterocycles. The second-order valence-corrected chi connectivity index (χ2v) is 8.09. The third-order valence-corrected chi connectivity index (χ3v) is 6.69. The minimum atomic E-state index is -3.50. The van der Waals surface area contributed by atoms with Crippen molar-refractivity contribution in [3.63, 3.8) is 0 Å². The molecule has 2 aromatic rings. The van der Waals surface area contributed by atoms with Crippen LogP contribution in [0.25, 0.3) is 10.6 Å². The van der Waals surface area contributed by atoms with Gasteiger partial charge in [0.15, 0.2) is 5.03 Å². The minimum Gasteiger partial charge on any atom is -0.316 e. The fraction of sp³-hybridized carbons (Fsp3) is 0.400. The molecule has 1 aromatic heterocycles. The Bertz CT molecular complexity index is 734. The molecular formula is C15H20ClN3O2S2. The van der Waals surface area contributed by atoms with Crippen molar-refractivity contribution in [3.05, 3.63) is 35.7 Å². The third-order valence-electron chi connectivity index (χ3n) is 3.90. The lowest BCUT2D eigenvalue weighted by Gasteiger charge is -2.31. The second kappa shape index (κ2) is 7.72. The summed E-state index contributed by atoms with van der Waals surface area (Å²) in [6, 6.07) is 9.87. The van der Waals surface area contributed by atoms with Crippen LogP contribution in [0.15, 0.2) is 40.7 Å². The molecule has 0 aliphatic carbocycles. The number of piperidine rings is 1. The predicted molar refractivity (Wildman–Crippen MR) is 95.6 cm³/mol. The van der Waals surface area contributed by atoms with Crippen LogP contribution in [0, 0.1) is 0 Å². The summed E-state index contributed by atoms with van der Waals surface area (Å²) in [5, 5.41) is 5.70. The summed E-state index contributed by atoms with van der Waals surface area (Å²) in [5.41, 5.74) is 0.945. The Balaban J connectivity index is 0.00000192. The number of nitrogens with zero attached hydrogens (tertiary/aromatic N) is 2. The van der Waals surface area contributed by atoms with E-state index in [1.165, 1.54) is 11.3 Å². The molecule has 0 radical (unpaired) electrons. The molecule has 1 aliphatic heterocycles. The summed E-state index contributed by atoms with van der Waals surface area (Å²) >= 11 is 1.37. The van der Waals surface area contributed by atoms with Gasteiger partial charge < -0.3 is 5.32 Å². The Morgan fingerprint density at radius 2 is 2.04 bits per heavy atom.